The minimum Gasteiger partial charge on any atom is -0.439 e. The number of nitrogens with one attached hydrogen (secondary N) is 1. The van der Waals surface area contributed by atoms with Gasteiger partial charge in [-0.2, -0.15) is 0 Å². The Morgan fingerprint density at radius 1 is 1.14 bits per heavy atom. The predicted octanol–water partition coefficient (Wildman–Crippen LogP) is 4.15. The Labute approximate surface area is 167 Å². The first kappa shape index (κ1) is 18.6. The summed E-state index contributed by atoms with van der Waals surface area (Å²) in [7, 11) is 0. The number of nitrogens with zero attached hydrogens (tertiary/aromatic N) is 2. The van der Waals surface area contributed by atoms with Gasteiger partial charge in [0, 0.05) is 31.3 Å². The molecule has 0 aliphatic carbocycles. The molecular formula is C22H18FN3O3. The van der Waals surface area contributed by atoms with Crippen molar-refractivity contribution in [3.63, 3.8) is 0 Å². The molecule has 1 aliphatic rings. The number of hydrogen-bond donors (Lipinski definition) is 1. The summed E-state index contributed by atoms with van der Waals surface area (Å²) in [6, 6.07) is 18.9. The Morgan fingerprint density at radius 2 is 2.00 bits per heavy atom. The first-order chi connectivity index (χ1) is 14.2. The van der Waals surface area contributed by atoms with Crippen LogP contribution in [0, 0.1) is 5.82 Å². The number of aromatic nitrogens is 1. The van der Waals surface area contributed by atoms with E-state index >= 15 is 0 Å². The van der Waals surface area contributed by atoms with Crippen LogP contribution in [0.1, 0.15) is 23.7 Å². The quantitative estimate of drug-likeness (QED) is 0.685. The summed E-state index contributed by atoms with van der Waals surface area (Å²) >= 11 is 0. The zero-order valence-electron chi connectivity index (χ0n) is 15.4. The van der Waals surface area contributed by atoms with Gasteiger partial charge in [0.2, 0.25) is 5.88 Å². The van der Waals surface area contributed by atoms with Gasteiger partial charge in [0.1, 0.15) is 17.3 Å². The lowest BCUT2D eigenvalue weighted by molar-refractivity contribution is -0.115. The molecule has 2 heterocycles. The second kappa shape index (κ2) is 8.52. The highest BCUT2D eigenvalue weighted by molar-refractivity contribution is 6.39. The molecule has 4 rings (SSSR count). The molecule has 1 aliphatic heterocycles. The lowest BCUT2D eigenvalue weighted by atomic mass is 10.0. The fourth-order valence-electron chi connectivity index (χ4n) is 2.87. The molecule has 1 N–H and O–H groups in total. The third kappa shape index (κ3) is 4.76. The van der Waals surface area contributed by atoms with Crippen molar-refractivity contribution in [1.29, 1.82) is 0 Å². The Balaban J connectivity index is 1.28. The average molecular weight is 391 g/mol. The van der Waals surface area contributed by atoms with Gasteiger partial charge in [0.15, 0.2) is 6.10 Å². The molecule has 1 unspecified atom stereocenters. The van der Waals surface area contributed by atoms with Crippen molar-refractivity contribution in [2.75, 3.05) is 0 Å². The second-order valence-corrected chi connectivity index (χ2v) is 6.49. The van der Waals surface area contributed by atoms with Crippen LogP contribution in [-0.2, 0) is 16.2 Å². The number of benzene rings is 2. The van der Waals surface area contributed by atoms with E-state index < -0.39 is 0 Å². The zero-order valence-corrected chi connectivity index (χ0v) is 15.4. The van der Waals surface area contributed by atoms with E-state index in [1.54, 1.807) is 30.5 Å². The van der Waals surface area contributed by atoms with Crippen molar-refractivity contribution in [2.24, 2.45) is 5.16 Å². The van der Waals surface area contributed by atoms with Gasteiger partial charge < -0.3 is 14.9 Å². The van der Waals surface area contributed by atoms with Gasteiger partial charge >= 0.3 is 0 Å². The normalized spacial score (nSPS) is 15.3. The Bertz CT molecular complexity index is 1020. The van der Waals surface area contributed by atoms with Crippen LogP contribution in [0.5, 0.6) is 11.6 Å². The maximum Gasteiger partial charge on any atom is 0.269 e. The van der Waals surface area contributed by atoms with Crippen LogP contribution >= 0.6 is 0 Å². The number of amides is 1. The lowest BCUT2D eigenvalue weighted by Gasteiger charge is -2.08. The summed E-state index contributed by atoms with van der Waals surface area (Å²) < 4.78 is 18.7. The van der Waals surface area contributed by atoms with E-state index in [1.807, 2.05) is 30.3 Å². The van der Waals surface area contributed by atoms with E-state index in [0.29, 0.717) is 30.3 Å². The number of pyridine rings is 1. The van der Waals surface area contributed by atoms with Gasteiger partial charge in [0.05, 0.1) is 0 Å². The molecule has 2 aromatic carbocycles. The Morgan fingerprint density at radius 3 is 2.76 bits per heavy atom. The molecule has 6 nitrogen and oxygen atoms in total. The molecule has 146 valence electrons. The zero-order chi connectivity index (χ0) is 20.1. The number of carbonyl (C=O) groups is 1. The summed E-state index contributed by atoms with van der Waals surface area (Å²) in [5.74, 6) is 0.0503. The van der Waals surface area contributed by atoms with Crippen LogP contribution < -0.4 is 10.1 Å². The maximum atomic E-state index is 13.2. The number of ether oxygens (including phenoxy) is 1. The Hall–Kier alpha value is -3.74. The highest BCUT2D eigenvalue weighted by Gasteiger charge is 2.27. The molecule has 3 aromatic rings. The number of oxime groups is 1. The van der Waals surface area contributed by atoms with E-state index in [0.717, 1.165) is 11.1 Å². The van der Waals surface area contributed by atoms with Crippen molar-refractivity contribution < 1.29 is 18.8 Å². The number of carbonyl (C=O) groups excluding carboxylic acids is 1. The highest BCUT2D eigenvalue weighted by Crippen LogP contribution is 2.27. The minimum atomic E-state index is -0.379. The molecule has 1 aromatic heterocycles. The summed E-state index contributed by atoms with van der Waals surface area (Å²) in [5, 5.41) is 6.72. The topological polar surface area (TPSA) is 72.8 Å². The van der Waals surface area contributed by atoms with Gasteiger partial charge in [-0.1, -0.05) is 47.6 Å². The van der Waals surface area contributed by atoms with Crippen LogP contribution in [0.3, 0.4) is 0 Å². The van der Waals surface area contributed by atoms with Gasteiger partial charge in [-0.3, -0.25) is 4.79 Å². The smallest absolute Gasteiger partial charge is 0.269 e. The fraction of sp³-hybridized carbons (Fsp3) is 0.136. The molecule has 0 radical (unpaired) electrons. The lowest BCUT2D eigenvalue weighted by Crippen LogP contribution is -2.29. The first-order valence-electron chi connectivity index (χ1n) is 9.11. The summed E-state index contributed by atoms with van der Waals surface area (Å²) in [4.78, 5) is 21.9. The first-order valence-corrected chi connectivity index (χ1v) is 9.11. The standard InChI is InChI=1S/C22H18FN3O3/c23-17-7-4-8-18(11-17)28-21-10-9-15(13-24-21)14-25-22(27)19-12-20(29-26-19)16-5-2-1-3-6-16/h1-11,13,20H,12,14H2,(H,25,27). The molecule has 29 heavy (non-hydrogen) atoms. The van der Waals surface area contributed by atoms with E-state index in [9.17, 15) is 9.18 Å². The summed E-state index contributed by atoms with van der Waals surface area (Å²) in [5.41, 5.74) is 2.14. The molecule has 0 fully saturated rings. The molecule has 1 atom stereocenters. The van der Waals surface area contributed by atoms with Crippen molar-refractivity contribution in [3.8, 4) is 11.6 Å². The third-order valence-electron chi connectivity index (χ3n) is 4.37. The number of rotatable bonds is 6. The minimum absolute atomic E-state index is 0.238. The second-order valence-electron chi connectivity index (χ2n) is 6.49. The average Bonchev–Trinajstić information content (AvgIpc) is 3.24. The van der Waals surface area contributed by atoms with Gasteiger partial charge in [-0.15, -0.1) is 0 Å². The third-order valence-corrected chi connectivity index (χ3v) is 4.37. The van der Waals surface area contributed by atoms with Crippen LogP contribution in [0.2, 0.25) is 0 Å². The summed E-state index contributed by atoms with van der Waals surface area (Å²) in [6.45, 7) is 0.293. The van der Waals surface area contributed by atoms with Crippen LogP contribution in [0.15, 0.2) is 78.1 Å². The van der Waals surface area contributed by atoms with Crippen LogP contribution in [0.25, 0.3) is 0 Å². The molecule has 0 spiro atoms. The van der Waals surface area contributed by atoms with Gasteiger partial charge in [-0.25, -0.2) is 9.37 Å². The predicted molar refractivity (Wildman–Crippen MR) is 105 cm³/mol. The summed E-state index contributed by atoms with van der Waals surface area (Å²) in [6.07, 6.45) is 1.78. The van der Waals surface area contributed by atoms with E-state index in [1.165, 1.54) is 12.1 Å². The van der Waals surface area contributed by atoms with Crippen LogP contribution in [-0.4, -0.2) is 16.6 Å². The van der Waals surface area contributed by atoms with E-state index in [-0.39, 0.29) is 17.8 Å². The highest BCUT2D eigenvalue weighted by atomic mass is 19.1. The van der Waals surface area contributed by atoms with E-state index in [2.05, 4.69) is 15.5 Å². The van der Waals surface area contributed by atoms with Gasteiger partial charge in [0.25, 0.3) is 5.91 Å². The van der Waals surface area contributed by atoms with Crippen molar-refractivity contribution >= 4 is 11.6 Å². The molecule has 7 heteroatoms. The van der Waals surface area contributed by atoms with Crippen molar-refractivity contribution in [1.82, 2.24) is 10.3 Å². The van der Waals surface area contributed by atoms with Crippen molar-refractivity contribution in [2.45, 2.75) is 19.1 Å². The molecule has 1 amide bonds. The molecule has 0 saturated heterocycles. The fourth-order valence-corrected chi connectivity index (χ4v) is 2.87. The number of hydrogen-bond acceptors (Lipinski definition) is 5. The maximum absolute atomic E-state index is 13.2. The van der Waals surface area contributed by atoms with E-state index in [4.69, 9.17) is 9.57 Å². The molecule has 0 saturated carbocycles. The van der Waals surface area contributed by atoms with Crippen LogP contribution in [0.4, 0.5) is 4.39 Å². The van der Waals surface area contributed by atoms with Gasteiger partial charge in [-0.05, 0) is 23.3 Å². The largest absolute Gasteiger partial charge is 0.439 e. The molecule has 0 bridgehead atoms. The monoisotopic (exact) mass is 391 g/mol. The molecular weight excluding hydrogens is 373 g/mol. The Kier molecular flexibility index (Phi) is 5.47. The number of halogens is 1. The SMILES string of the molecule is O=C(NCc1ccc(Oc2cccc(F)c2)nc1)C1=NOC(c2ccccc2)C1. The van der Waals surface area contributed by atoms with Crippen molar-refractivity contribution in [3.05, 3.63) is 89.9 Å².